The fourth-order valence-corrected chi connectivity index (χ4v) is 2.07. The Morgan fingerprint density at radius 1 is 1.30 bits per heavy atom. The van der Waals surface area contributed by atoms with E-state index in [4.69, 9.17) is 21.1 Å². The summed E-state index contributed by atoms with van der Waals surface area (Å²) in [5, 5.41) is 3.03. The third-order valence-corrected chi connectivity index (χ3v) is 3.11. The first kappa shape index (κ1) is 19.0. The smallest absolute Gasteiger partial charge is 0.408 e. The third-order valence-electron chi connectivity index (χ3n) is 2.76. The molecule has 5 nitrogen and oxygen atoms in total. The zero-order valence-electron chi connectivity index (χ0n) is 13.8. The highest BCUT2D eigenvalue weighted by atomic mass is 35.5. The molecule has 0 bridgehead atoms. The number of hydrogen-bond donors (Lipinski definition) is 1. The summed E-state index contributed by atoms with van der Waals surface area (Å²) in [5.41, 5.74) is -0.0516. The number of amides is 1. The van der Waals surface area contributed by atoms with Crippen molar-refractivity contribution in [3.05, 3.63) is 47.0 Å². The molecule has 0 aliphatic heterocycles. The Bertz CT molecular complexity index is 593. The number of carbonyl (C=O) groups is 2. The van der Waals surface area contributed by atoms with Crippen LogP contribution in [0.25, 0.3) is 0 Å². The van der Waals surface area contributed by atoms with Crippen molar-refractivity contribution in [3.8, 4) is 0 Å². The maximum Gasteiger partial charge on any atom is 0.408 e. The highest BCUT2D eigenvalue weighted by molar-refractivity contribution is 6.31. The maximum absolute atomic E-state index is 12.1. The molecule has 0 aromatic heterocycles. The monoisotopic (exact) mass is 339 g/mol. The van der Waals surface area contributed by atoms with Crippen LogP contribution in [0.5, 0.6) is 0 Å². The minimum Gasteiger partial charge on any atom is -0.463 e. The quantitative estimate of drug-likeness (QED) is 0.650. The number of benzene rings is 1. The van der Waals surface area contributed by atoms with Crippen molar-refractivity contribution in [3.63, 3.8) is 0 Å². The first-order chi connectivity index (χ1) is 10.7. The largest absolute Gasteiger partial charge is 0.463 e. The van der Waals surface area contributed by atoms with Crippen LogP contribution in [-0.2, 0) is 14.3 Å². The maximum atomic E-state index is 12.1. The Kier molecular flexibility index (Phi) is 6.63. The van der Waals surface area contributed by atoms with E-state index in [1.165, 1.54) is 0 Å². The van der Waals surface area contributed by atoms with Crippen LogP contribution in [0.4, 0.5) is 4.79 Å². The molecule has 6 heteroatoms. The van der Waals surface area contributed by atoms with Crippen LogP contribution in [0.2, 0.25) is 5.02 Å². The average molecular weight is 340 g/mol. The fourth-order valence-electron chi connectivity index (χ4n) is 1.83. The number of hydrogen-bond acceptors (Lipinski definition) is 4. The highest BCUT2D eigenvalue weighted by Gasteiger charge is 2.27. The van der Waals surface area contributed by atoms with Gasteiger partial charge in [-0.25, -0.2) is 9.59 Å². The predicted octanol–water partition coefficient (Wildman–Crippen LogP) is 4.03. The molecule has 1 atom stereocenters. The molecule has 0 saturated heterocycles. The molecule has 0 aliphatic rings. The van der Waals surface area contributed by atoms with Crippen LogP contribution >= 0.6 is 11.6 Å². The van der Waals surface area contributed by atoms with Gasteiger partial charge in [0.15, 0.2) is 0 Å². The lowest BCUT2D eigenvalue weighted by molar-refractivity contribution is -0.138. The van der Waals surface area contributed by atoms with Gasteiger partial charge in [-0.15, -0.1) is 0 Å². The van der Waals surface area contributed by atoms with Crippen LogP contribution in [0, 0.1) is 0 Å². The Balaban J connectivity index is 3.07. The summed E-state index contributed by atoms with van der Waals surface area (Å²) in [7, 11) is 0. The second-order valence-corrected chi connectivity index (χ2v) is 6.25. The van der Waals surface area contributed by atoms with E-state index in [1.807, 2.05) is 0 Å². The SMILES string of the molecule is C=C(C(=O)OCC)[C@H](NC(=O)OC(C)(C)C)c1ccccc1Cl. The molecule has 126 valence electrons. The molecule has 1 aromatic carbocycles. The first-order valence-corrected chi connectivity index (χ1v) is 7.63. The molecule has 1 aromatic rings. The van der Waals surface area contributed by atoms with E-state index in [1.54, 1.807) is 52.0 Å². The van der Waals surface area contributed by atoms with Gasteiger partial charge in [0.25, 0.3) is 0 Å². The van der Waals surface area contributed by atoms with E-state index in [2.05, 4.69) is 11.9 Å². The van der Waals surface area contributed by atoms with Gasteiger partial charge in [-0.2, -0.15) is 0 Å². The van der Waals surface area contributed by atoms with Crippen LogP contribution < -0.4 is 5.32 Å². The van der Waals surface area contributed by atoms with Crippen molar-refractivity contribution in [1.29, 1.82) is 0 Å². The number of carbonyl (C=O) groups excluding carboxylic acids is 2. The highest BCUT2D eigenvalue weighted by Crippen LogP contribution is 2.28. The predicted molar refractivity (Wildman–Crippen MR) is 89.3 cm³/mol. The van der Waals surface area contributed by atoms with Gasteiger partial charge in [-0.1, -0.05) is 36.4 Å². The molecule has 0 aliphatic carbocycles. The molecule has 0 unspecified atom stereocenters. The molecule has 0 saturated carbocycles. The number of ether oxygens (including phenoxy) is 2. The summed E-state index contributed by atoms with van der Waals surface area (Å²) in [5.74, 6) is -0.603. The van der Waals surface area contributed by atoms with Crippen molar-refractivity contribution < 1.29 is 19.1 Å². The van der Waals surface area contributed by atoms with Gasteiger partial charge < -0.3 is 14.8 Å². The fraction of sp³-hybridized carbons (Fsp3) is 0.412. The van der Waals surface area contributed by atoms with Crippen LogP contribution in [0.15, 0.2) is 36.4 Å². The van der Waals surface area contributed by atoms with E-state index in [9.17, 15) is 9.59 Å². The molecule has 1 rings (SSSR count). The summed E-state index contributed by atoms with van der Waals surface area (Å²) in [6.45, 7) is 10.9. The molecule has 1 amide bonds. The molecule has 0 fully saturated rings. The Labute approximate surface area is 141 Å². The van der Waals surface area contributed by atoms with Gasteiger partial charge in [-0.05, 0) is 39.3 Å². The second kappa shape index (κ2) is 8.02. The van der Waals surface area contributed by atoms with Crippen molar-refractivity contribution in [2.75, 3.05) is 6.61 Å². The van der Waals surface area contributed by atoms with E-state index in [0.29, 0.717) is 10.6 Å². The van der Waals surface area contributed by atoms with E-state index < -0.39 is 23.7 Å². The molecule has 0 spiro atoms. The normalized spacial score (nSPS) is 12.2. The number of nitrogens with one attached hydrogen (secondary N) is 1. The number of rotatable bonds is 5. The van der Waals surface area contributed by atoms with E-state index in [0.717, 1.165) is 0 Å². The number of alkyl carbamates (subject to hydrolysis) is 1. The Morgan fingerprint density at radius 3 is 2.43 bits per heavy atom. The summed E-state index contributed by atoms with van der Waals surface area (Å²) in [4.78, 5) is 24.0. The van der Waals surface area contributed by atoms with Crippen LogP contribution in [0.1, 0.15) is 39.3 Å². The lowest BCUT2D eigenvalue weighted by atomic mass is 10.00. The van der Waals surface area contributed by atoms with Crippen molar-refractivity contribution >= 4 is 23.7 Å². The Hall–Kier alpha value is -2.01. The lowest BCUT2D eigenvalue weighted by Gasteiger charge is -2.25. The van der Waals surface area contributed by atoms with Gasteiger partial charge in [0.05, 0.1) is 18.2 Å². The number of esters is 1. The third kappa shape index (κ3) is 5.94. The van der Waals surface area contributed by atoms with Gasteiger partial charge in [0, 0.05) is 5.02 Å². The molecule has 1 N–H and O–H groups in total. The van der Waals surface area contributed by atoms with Gasteiger partial charge >= 0.3 is 12.1 Å². The molecule has 23 heavy (non-hydrogen) atoms. The zero-order chi connectivity index (χ0) is 17.6. The lowest BCUT2D eigenvalue weighted by Crippen LogP contribution is -2.37. The summed E-state index contributed by atoms with van der Waals surface area (Å²) in [6.07, 6.45) is -0.673. The summed E-state index contributed by atoms with van der Waals surface area (Å²) < 4.78 is 10.2. The number of halogens is 1. The van der Waals surface area contributed by atoms with Gasteiger partial charge in [0.2, 0.25) is 0 Å². The van der Waals surface area contributed by atoms with Crippen LogP contribution in [-0.4, -0.2) is 24.3 Å². The van der Waals surface area contributed by atoms with Gasteiger partial charge in [-0.3, -0.25) is 0 Å². The van der Waals surface area contributed by atoms with E-state index in [-0.39, 0.29) is 12.2 Å². The first-order valence-electron chi connectivity index (χ1n) is 7.25. The van der Waals surface area contributed by atoms with Crippen molar-refractivity contribution in [2.24, 2.45) is 0 Å². The van der Waals surface area contributed by atoms with Crippen LogP contribution in [0.3, 0.4) is 0 Å². The standard InChI is InChI=1S/C17H22ClNO4/c1-6-22-15(20)11(2)14(12-9-7-8-10-13(12)18)19-16(21)23-17(3,4)5/h7-10,14H,2,6H2,1,3-5H3,(H,19,21)/t14-/m0/s1. The minimum absolute atomic E-state index is 0.0748. The molecular formula is C17H22ClNO4. The molecule has 0 radical (unpaired) electrons. The summed E-state index contributed by atoms with van der Waals surface area (Å²) in [6, 6.07) is 6.04. The zero-order valence-corrected chi connectivity index (χ0v) is 14.6. The molecular weight excluding hydrogens is 318 g/mol. The van der Waals surface area contributed by atoms with E-state index >= 15 is 0 Å². The molecule has 0 heterocycles. The average Bonchev–Trinajstić information content (AvgIpc) is 2.43. The van der Waals surface area contributed by atoms with Crippen molar-refractivity contribution in [2.45, 2.75) is 39.3 Å². The second-order valence-electron chi connectivity index (χ2n) is 5.85. The topological polar surface area (TPSA) is 64.6 Å². The minimum atomic E-state index is -0.836. The Morgan fingerprint density at radius 2 is 1.91 bits per heavy atom. The van der Waals surface area contributed by atoms with Gasteiger partial charge in [0.1, 0.15) is 5.60 Å². The van der Waals surface area contributed by atoms with Crippen molar-refractivity contribution in [1.82, 2.24) is 5.32 Å². The summed E-state index contributed by atoms with van der Waals surface area (Å²) >= 11 is 6.18.